The van der Waals surface area contributed by atoms with Crippen LogP contribution in [0.4, 0.5) is 0 Å². The maximum Gasteiger partial charge on any atom is 0.159 e. The van der Waals surface area contributed by atoms with Crippen molar-refractivity contribution in [1.82, 2.24) is 29.7 Å². The molecule has 0 aromatic carbocycles. The summed E-state index contributed by atoms with van der Waals surface area (Å²) in [6.07, 6.45) is 4.83. The summed E-state index contributed by atoms with van der Waals surface area (Å²) in [4.78, 5) is 17.3. The fourth-order valence-corrected chi connectivity index (χ4v) is 2.12. The Morgan fingerprint density at radius 2 is 1.81 bits per heavy atom. The molecule has 0 radical (unpaired) electrons. The molecule has 6 heteroatoms. The lowest BCUT2D eigenvalue weighted by molar-refractivity contribution is 0.846. The van der Waals surface area contributed by atoms with E-state index in [-0.39, 0.29) is 0 Å². The average Bonchev–Trinajstić information content (AvgIpc) is 3.09. The highest BCUT2D eigenvalue weighted by atomic mass is 15.3. The number of hydrogen-bond donors (Lipinski definition) is 0. The Kier molecular flexibility index (Phi) is 2.64. The molecule has 0 bridgehead atoms. The predicted octanol–water partition coefficient (Wildman–Crippen LogP) is 2.27. The quantitative estimate of drug-likeness (QED) is 0.561. The van der Waals surface area contributed by atoms with E-state index in [2.05, 4.69) is 25.0 Å². The van der Waals surface area contributed by atoms with Gasteiger partial charge in [-0.2, -0.15) is 5.10 Å². The van der Waals surface area contributed by atoms with Crippen molar-refractivity contribution in [3.8, 4) is 17.2 Å². The second-order valence-electron chi connectivity index (χ2n) is 4.47. The zero-order chi connectivity index (χ0) is 14.1. The standard InChI is InChI=1S/C15H10N6/c1-4-12(19-14(5-1)21-10-16-9-18-21)13-7-6-11-3-2-8-17-15(11)20-13/h1-10H. The molecule has 0 atom stereocenters. The predicted molar refractivity (Wildman–Crippen MR) is 77.7 cm³/mol. The molecular formula is C15H10N6. The molecule has 0 N–H and O–H groups in total. The van der Waals surface area contributed by atoms with E-state index >= 15 is 0 Å². The average molecular weight is 274 g/mol. The number of nitrogens with zero attached hydrogens (tertiary/aromatic N) is 6. The van der Waals surface area contributed by atoms with E-state index in [9.17, 15) is 0 Å². The lowest BCUT2D eigenvalue weighted by Crippen LogP contribution is -1.99. The summed E-state index contributed by atoms with van der Waals surface area (Å²) in [5.41, 5.74) is 2.27. The van der Waals surface area contributed by atoms with Gasteiger partial charge in [-0.15, -0.1) is 0 Å². The summed E-state index contributed by atoms with van der Waals surface area (Å²) in [5.74, 6) is 0.702. The first-order valence-electron chi connectivity index (χ1n) is 6.44. The van der Waals surface area contributed by atoms with Gasteiger partial charge in [-0.3, -0.25) is 0 Å². The largest absolute Gasteiger partial charge is 0.237 e. The van der Waals surface area contributed by atoms with Crippen LogP contribution in [-0.4, -0.2) is 29.7 Å². The van der Waals surface area contributed by atoms with E-state index in [1.807, 2.05) is 42.5 Å². The van der Waals surface area contributed by atoms with Gasteiger partial charge in [0.15, 0.2) is 11.5 Å². The number of fused-ring (bicyclic) bond motifs is 1. The molecule has 21 heavy (non-hydrogen) atoms. The lowest BCUT2D eigenvalue weighted by atomic mass is 10.2. The van der Waals surface area contributed by atoms with Crippen molar-refractivity contribution in [3.05, 3.63) is 61.3 Å². The molecule has 0 saturated carbocycles. The Balaban J connectivity index is 1.83. The van der Waals surface area contributed by atoms with Gasteiger partial charge in [0.2, 0.25) is 0 Å². The third-order valence-electron chi connectivity index (χ3n) is 3.11. The van der Waals surface area contributed by atoms with Crippen molar-refractivity contribution in [3.63, 3.8) is 0 Å². The molecule has 0 aliphatic carbocycles. The van der Waals surface area contributed by atoms with Crippen molar-refractivity contribution in [1.29, 1.82) is 0 Å². The van der Waals surface area contributed by atoms with Crippen LogP contribution in [0.3, 0.4) is 0 Å². The molecule has 0 unspecified atom stereocenters. The number of pyridine rings is 3. The molecule has 4 heterocycles. The minimum absolute atomic E-state index is 0.702. The highest BCUT2D eigenvalue weighted by Gasteiger charge is 2.06. The Labute approximate surface area is 120 Å². The Hall–Kier alpha value is -3.15. The van der Waals surface area contributed by atoms with Crippen LogP contribution in [0.1, 0.15) is 0 Å². The van der Waals surface area contributed by atoms with Crippen molar-refractivity contribution in [2.24, 2.45) is 0 Å². The van der Waals surface area contributed by atoms with Crippen molar-refractivity contribution in [2.45, 2.75) is 0 Å². The summed E-state index contributed by atoms with van der Waals surface area (Å²) in [6, 6.07) is 13.5. The van der Waals surface area contributed by atoms with Crippen LogP contribution in [0.15, 0.2) is 61.3 Å². The zero-order valence-corrected chi connectivity index (χ0v) is 11.0. The van der Waals surface area contributed by atoms with Crippen LogP contribution in [-0.2, 0) is 0 Å². The van der Waals surface area contributed by atoms with E-state index in [0.29, 0.717) is 11.5 Å². The molecule has 0 aliphatic rings. The van der Waals surface area contributed by atoms with Crippen LogP contribution in [0, 0.1) is 0 Å². The topological polar surface area (TPSA) is 69.4 Å². The second-order valence-corrected chi connectivity index (χ2v) is 4.47. The molecule has 6 nitrogen and oxygen atoms in total. The summed E-state index contributed by atoms with van der Waals surface area (Å²) in [6.45, 7) is 0. The zero-order valence-electron chi connectivity index (χ0n) is 11.0. The van der Waals surface area contributed by atoms with E-state index in [4.69, 9.17) is 0 Å². The molecule has 0 saturated heterocycles. The van der Waals surface area contributed by atoms with Gasteiger partial charge < -0.3 is 0 Å². The third-order valence-corrected chi connectivity index (χ3v) is 3.11. The monoisotopic (exact) mass is 274 g/mol. The van der Waals surface area contributed by atoms with E-state index < -0.39 is 0 Å². The van der Waals surface area contributed by atoms with Crippen molar-refractivity contribution < 1.29 is 0 Å². The Morgan fingerprint density at radius 1 is 0.857 bits per heavy atom. The van der Waals surface area contributed by atoms with Crippen LogP contribution in [0.2, 0.25) is 0 Å². The van der Waals surface area contributed by atoms with Gasteiger partial charge in [0.05, 0.1) is 11.4 Å². The van der Waals surface area contributed by atoms with Gasteiger partial charge in [0.1, 0.15) is 12.7 Å². The van der Waals surface area contributed by atoms with Gasteiger partial charge >= 0.3 is 0 Å². The number of rotatable bonds is 2. The second kappa shape index (κ2) is 4.75. The summed E-state index contributed by atoms with van der Waals surface area (Å²) < 4.78 is 1.61. The SMILES string of the molecule is c1cc(-c2ccc3cccnc3n2)nc(-n2cncn2)c1. The van der Waals surface area contributed by atoms with Crippen molar-refractivity contribution in [2.75, 3.05) is 0 Å². The molecule has 0 fully saturated rings. The maximum atomic E-state index is 4.56. The van der Waals surface area contributed by atoms with Gasteiger partial charge in [-0.25, -0.2) is 24.6 Å². The molecule has 0 amide bonds. The smallest absolute Gasteiger partial charge is 0.159 e. The van der Waals surface area contributed by atoms with E-state index in [0.717, 1.165) is 16.8 Å². The first-order valence-corrected chi connectivity index (χ1v) is 6.44. The van der Waals surface area contributed by atoms with Gasteiger partial charge in [0.25, 0.3) is 0 Å². The first-order chi connectivity index (χ1) is 10.4. The normalized spacial score (nSPS) is 10.9. The van der Waals surface area contributed by atoms with E-state index in [1.165, 1.54) is 6.33 Å². The minimum Gasteiger partial charge on any atom is -0.237 e. The first kappa shape index (κ1) is 11.7. The summed E-state index contributed by atoms with van der Waals surface area (Å²) >= 11 is 0. The lowest BCUT2D eigenvalue weighted by Gasteiger charge is -2.04. The molecule has 4 aromatic rings. The summed E-state index contributed by atoms with van der Waals surface area (Å²) in [5, 5.41) is 5.09. The summed E-state index contributed by atoms with van der Waals surface area (Å²) in [7, 11) is 0. The van der Waals surface area contributed by atoms with Crippen LogP contribution in [0.25, 0.3) is 28.2 Å². The van der Waals surface area contributed by atoms with Crippen molar-refractivity contribution >= 4 is 11.0 Å². The molecule has 0 aliphatic heterocycles. The Bertz CT molecular complexity index is 901. The number of aromatic nitrogens is 6. The maximum absolute atomic E-state index is 4.56. The molecular weight excluding hydrogens is 264 g/mol. The molecule has 100 valence electrons. The van der Waals surface area contributed by atoms with E-state index in [1.54, 1.807) is 17.2 Å². The highest BCUT2D eigenvalue weighted by molar-refractivity contribution is 5.77. The van der Waals surface area contributed by atoms with Gasteiger partial charge in [-0.05, 0) is 36.4 Å². The van der Waals surface area contributed by atoms with Crippen LogP contribution in [0.5, 0.6) is 0 Å². The van der Waals surface area contributed by atoms with Crippen LogP contribution >= 0.6 is 0 Å². The number of hydrogen-bond acceptors (Lipinski definition) is 5. The fourth-order valence-electron chi connectivity index (χ4n) is 2.12. The van der Waals surface area contributed by atoms with Gasteiger partial charge in [-0.1, -0.05) is 6.07 Å². The molecule has 4 aromatic heterocycles. The molecule has 0 spiro atoms. The minimum atomic E-state index is 0.702. The Morgan fingerprint density at radius 3 is 2.71 bits per heavy atom. The third kappa shape index (κ3) is 2.12. The highest BCUT2D eigenvalue weighted by Crippen LogP contribution is 2.19. The fraction of sp³-hybridized carbons (Fsp3) is 0. The van der Waals surface area contributed by atoms with Crippen LogP contribution < -0.4 is 0 Å². The van der Waals surface area contributed by atoms with Gasteiger partial charge in [0, 0.05) is 11.6 Å². The molecule has 4 rings (SSSR count).